The maximum absolute atomic E-state index is 15.1. The normalized spacial score (nSPS) is 16.4. The van der Waals surface area contributed by atoms with Crippen molar-refractivity contribution in [1.82, 2.24) is 20.3 Å². The van der Waals surface area contributed by atoms with Gasteiger partial charge in [0.2, 0.25) is 0 Å². The van der Waals surface area contributed by atoms with Crippen LogP contribution in [0, 0.1) is 5.82 Å². The van der Waals surface area contributed by atoms with Gasteiger partial charge in [0.1, 0.15) is 23.6 Å². The number of aliphatic hydroxyl groups excluding tert-OH is 1. The number of hydrogen-bond donors (Lipinski definition) is 3. The van der Waals surface area contributed by atoms with Gasteiger partial charge in [0.15, 0.2) is 0 Å². The lowest BCUT2D eigenvalue weighted by Crippen LogP contribution is -2.35. The van der Waals surface area contributed by atoms with E-state index in [9.17, 15) is 9.90 Å². The van der Waals surface area contributed by atoms with Crippen LogP contribution in [0.5, 0.6) is 0 Å². The largest absolute Gasteiger partial charge is 0.394 e. The fraction of sp³-hybridized carbons (Fsp3) is 0.269. The average Bonchev–Trinajstić information content (AvgIpc) is 3.57. The zero-order chi connectivity index (χ0) is 24.4. The number of carbonyl (C=O) groups excluding carboxylic acids is 1. The number of fused-ring (bicyclic) bond motifs is 1. The van der Waals surface area contributed by atoms with Gasteiger partial charge in [-0.3, -0.25) is 4.79 Å². The van der Waals surface area contributed by atoms with Gasteiger partial charge in [0.05, 0.1) is 23.7 Å². The lowest BCUT2D eigenvalue weighted by Gasteiger charge is -2.28. The minimum atomic E-state index is -0.563. The number of aliphatic hydroxyl groups is 1. The lowest BCUT2D eigenvalue weighted by molar-refractivity contribution is 0.0915. The zero-order valence-corrected chi connectivity index (χ0v) is 19.4. The molecule has 3 heterocycles. The van der Waals surface area contributed by atoms with Crippen LogP contribution in [0.4, 0.5) is 15.9 Å². The molecule has 0 aliphatic carbocycles. The van der Waals surface area contributed by atoms with E-state index < -0.39 is 17.8 Å². The van der Waals surface area contributed by atoms with Crippen molar-refractivity contribution in [3.05, 3.63) is 84.1 Å². The molecule has 0 bridgehead atoms. The zero-order valence-electron chi connectivity index (χ0n) is 19.4. The molecule has 3 N–H and O–H groups in total. The Labute approximate surface area is 202 Å². The van der Waals surface area contributed by atoms with Crippen molar-refractivity contribution in [2.75, 3.05) is 36.5 Å². The molecule has 1 fully saturated rings. The maximum Gasteiger partial charge on any atom is 0.251 e. The highest BCUT2D eigenvalue weighted by molar-refractivity contribution is 5.95. The number of rotatable bonds is 7. The molecule has 4 aromatic rings. The summed E-state index contributed by atoms with van der Waals surface area (Å²) < 4.78 is 15.1. The van der Waals surface area contributed by atoms with E-state index in [1.807, 2.05) is 54.5 Å². The van der Waals surface area contributed by atoms with E-state index in [2.05, 4.69) is 25.2 Å². The number of H-pyrrole nitrogens is 1. The van der Waals surface area contributed by atoms with Crippen molar-refractivity contribution in [3.8, 4) is 0 Å². The number of amides is 1. The first-order valence-corrected chi connectivity index (χ1v) is 11.6. The van der Waals surface area contributed by atoms with E-state index in [1.54, 1.807) is 18.5 Å². The average molecular weight is 475 g/mol. The van der Waals surface area contributed by atoms with Gasteiger partial charge in [0.25, 0.3) is 5.91 Å². The van der Waals surface area contributed by atoms with E-state index >= 15 is 4.39 Å². The van der Waals surface area contributed by atoms with Gasteiger partial charge in [-0.2, -0.15) is 0 Å². The smallest absolute Gasteiger partial charge is 0.251 e. The number of aromatic nitrogens is 3. The third kappa shape index (κ3) is 4.54. The predicted octanol–water partition coefficient (Wildman–Crippen LogP) is 3.28. The topological polar surface area (TPSA) is 97.4 Å². The Hall–Kier alpha value is -3.98. The second-order valence-electron chi connectivity index (χ2n) is 8.72. The van der Waals surface area contributed by atoms with Gasteiger partial charge in [-0.15, -0.1) is 0 Å². The fourth-order valence-corrected chi connectivity index (χ4v) is 4.65. The Balaban J connectivity index is 1.28. The summed E-state index contributed by atoms with van der Waals surface area (Å²) in [5.41, 5.74) is 2.22. The molecule has 35 heavy (non-hydrogen) atoms. The molecular formula is C26H27FN6O2. The highest BCUT2D eigenvalue weighted by atomic mass is 19.1. The Morgan fingerprint density at radius 2 is 2.09 bits per heavy atom. The summed E-state index contributed by atoms with van der Waals surface area (Å²) >= 11 is 0. The molecule has 9 heteroatoms. The van der Waals surface area contributed by atoms with Crippen molar-refractivity contribution in [1.29, 1.82) is 0 Å². The van der Waals surface area contributed by atoms with Crippen LogP contribution in [0.25, 0.3) is 11.0 Å². The van der Waals surface area contributed by atoms with Crippen LogP contribution < -0.4 is 15.1 Å². The first-order valence-electron chi connectivity index (χ1n) is 11.6. The van der Waals surface area contributed by atoms with Crippen LogP contribution in [0.3, 0.4) is 0 Å². The molecule has 0 radical (unpaired) electrons. The van der Waals surface area contributed by atoms with E-state index in [4.69, 9.17) is 0 Å². The van der Waals surface area contributed by atoms with Crippen LogP contribution in [0.1, 0.15) is 28.4 Å². The Bertz CT molecular complexity index is 1330. The quantitative estimate of drug-likeness (QED) is 0.380. The molecule has 1 aliphatic rings. The second-order valence-corrected chi connectivity index (χ2v) is 8.72. The van der Waals surface area contributed by atoms with Crippen LogP contribution in [0.15, 0.2) is 67.1 Å². The number of anilines is 2. The monoisotopic (exact) mass is 474 g/mol. The van der Waals surface area contributed by atoms with Crippen molar-refractivity contribution in [3.63, 3.8) is 0 Å². The van der Waals surface area contributed by atoms with Crippen LogP contribution in [-0.2, 0) is 0 Å². The van der Waals surface area contributed by atoms with Gasteiger partial charge in [-0.1, -0.05) is 30.3 Å². The van der Waals surface area contributed by atoms with Crippen LogP contribution >= 0.6 is 0 Å². The van der Waals surface area contributed by atoms with Crippen molar-refractivity contribution in [2.45, 2.75) is 18.5 Å². The highest BCUT2D eigenvalue weighted by Crippen LogP contribution is 2.30. The summed E-state index contributed by atoms with van der Waals surface area (Å²) in [4.78, 5) is 28.7. The lowest BCUT2D eigenvalue weighted by atomic mass is 10.1. The van der Waals surface area contributed by atoms with Gasteiger partial charge in [-0.25, -0.2) is 14.4 Å². The summed E-state index contributed by atoms with van der Waals surface area (Å²) in [5.74, 6) is -0.0299. The summed E-state index contributed by atoms with van der Waals surface area (Å²) in [7, 11) is 1.87. The van der Waals surface area contributed by atoms with Gasteiger partial charge in [0, 0.05) is 37.9 Å². The van der Waals surface area contributed by atoms with Gasteiger partial charge >= 0.3 is 0 Å². The number of halogens is 1. The minimum absolute atomic E-state index is 0.0879. The van der Waals surface area contributed by atoms with Crippen LogP contribution in [0.2, 0.25) is 0 Å². The number of likely N-dealkylation sites (N-methyl/N-ethyl adjacent to an activating group) is 1. The third-order valence-corrected chi connectivity index (χ3v) is 6.62. The van der Waals surface area contributed by atoms with Gasteiger partial charge in [-0.05, 0) is 36.2 Å². The predicted molar refractivity (Wildman–Crippen MR) is 133 cm³/mol. The van der Waals surface area contributed by atoms with E-state index in [0.29, 0.717) is 12.2 Å². The molecule has 180 valence electrons. The Morgan fingerprint density at radius 1 is 1.26 bits per heavy atom. The molecule has 1 amide bonds. The molecule has 1 saturated heterocycles. The Kier molecular flexibility index (Phi) is 6.33. The standard InChI is InChI=1S/C26H27FN6O2/c1-32(19-10-12-33(14-19)25-20-9-11-28-24(20)29-16-30-25)23-8-7-18(13-21(23)27)26(35)31-22(15-34)17-5-3-2-4-6-17/h2-9,11,13,16,19,22,34H,10,12,14-15H2,1H3,(H,31,35)(H,28,29,30). The molecule has 2 atom stereocenters. The molecule has 8 nitrogen and oxygen atoms in total. The van der Waals surface area contributed by atoms with Crippen molar-refractivity contribution >= 4 is 28.4 Å². The molecule has 1 aliphatic heterocycles. The second kappa shape index (κ2) is 9.71. The summed E-state index contributed by atoms with van der Waals surface area (Å²) in [6.45, 7) is 1.25. The molecule has 0 spiro atoms. The van der Waals surface area contributed by atoms with E-state index in [-0.39, 0.29) is 18.2 Å². The molecular weight excluding hydrogens is 447 g/mol. The number of carbonyl (C=O) groups is 1. The van der Waals surface area contributed by atoms with Crippen LogP contribution in [-0.4, -0.2) is 58.8 Å². The summed E-state index contributed by atoms with van der Waals surface area (Å²) in [6.07, 6.45) is 4.25. The number of hydrogen-bond acceptors (Lipinski definition) is 6. The number of nitrogens with one attached hydrogen (secondary N) is 2. The highest BCUT2D eigenvalue weighted by Gasteiger charge is 2.29. The first-order chi connectivity index (χ1) is 17.0. The fourth-order valence-electron chi connectivity index (χ4n) is 4.65. The molecule has 2 aromatic heterocycles. The van der Waals surface area contributed by atoms with Crippen molar-refractivity contribution in [2.24, 2.45) is 0 Å². The SMILES string of the molecule is CN(c1ccc(C(=O)NC(CO)c2ccccc2)cc1F)C1CCN(c2ncnc3[nH]ccc23)C1. The number of nitrogens with zero attached hydrogens (tertiary/aromatic N) is 4. The molecule has 0 saturated carbocycles. The van der Waals surface area contributed by atoms with E-state index in [0.717, 1.165) is 35.4 Å². The van der Waals surface area contributed by atoms with Crippen molar-refractivity contribution < 1.29 is 14.3 Å². The molecule has 2 aromatic carbocycles. The number of aromatic amines is 1. The van der Waals surface area contributed by atoms with Gasteiger partial charge < -0.3 is 25.2 Å². The molecule has 2 unspecified atom stereocenters. The maximum atomic E-state index is 15.1. The minimum Gasteiger partial charge on any atom is -0.394 e. The number of benzene rings is 2. The summed E-state index contributed by atoms with van der Waals surface area (Å²) in [5, 5.41) is 13.5. The summed E-state index contributed by atoms with van der Waals surface area (Å²) in [6, 6.07) is 15.2. The Morgan fingerprint density at radius 3 is 2.86 bits per heavy atom. The molecule has 5 rings (SSSR count). The first kappa shape index (κ1) is 22.8. The van der Waals surface area contributed by atoms with E-state index in [1.165, 1.54) is 6.07 Å². The third-order valence-electron chi connectivity index (χ3n) is 6.62.